The molecule has 1 fully saturated rings. The van der Waals surface area contributed by atoms with E-state index in [2.05, 4.69) is 6.58 Å². The van der Waals surface area contributed by atoms with Gasteiger partial charge in [-0.15, -0.1) is 6.58 Å². The lowest BCUT2D eigenvalue weighted by Gasteiger charge is -2.29. The number of halogens is 4. The van der Waals surface area contributed by atoms with Gasteiger partial charge in [0.2, 0.25) is 0 Å². The van der Waals surface area contributed by atoms with E-state index in [4.69, 9.17) is 10.00 Å². The topological polar surface area (TPSA) is 33.0 Å². The van der Waals surface area contributed by atoms with Crippen LogP contribution in [0.1, 0.15) is 79.7 Å². The normalized spacial score (nSPS) is 19.9. The molecule has 2 nitrogen and oxygen atoms in total. The molecule has 0 aromatic heterocycles. The number of ether oxygens (including phenoxy) is 1. The van der Waals surface area contributed by atoms with Crippen LogP contribution in [0.25, 0.3) is 0 Å². The van der Waals surface area contributed by atoms with Crippen LogP contribution >= 0.6 is 0 Å². The van der Waals surface area contributed by atoms with Crippen LogP contribution in [0.4, 0.5) is 17.6 Å². The Kier molecular flexibility index (Phi) is 7.73. The van der Waals surface area contributed by atoms with E-state index in [-0.39, 0.29) is 11.1 Å². The Morgan fingerprint density at radius 1 is 1.12 bits per heavy atom. The van der Waals surface area contributed by atoms with Crippen molar-refractivity contribution >= 4 is 0 Å². The van der Waals surface area contributed by atoms with Crippen LogP contribution in [-0.4, -0.2) is 0 Å². The van der Waals surface area contributed by atoms with Crippen molar-refractivity contribution in [2.75, 3.05) is 0 Å². The quantitative estimate of drug-likeness (QED) is 0.306. The second kappa shape index (κ2) is 10.3. The number of benzene rings is 2. The van der Waals surface area contributed by atoms with Gasteiger partial charge in [-0.25, -0.2) is 8.78 Å². The predicted molar refractivity (Wildman–Crippen MR) is 115 cm³/mol. The molecule has 0 radical (unpaired) electrons. The highest BCUT2D eigenvalue weighted by Gasteiger charge is 2.36. The summed E-state index contributed by atoms with van der Waals surface area (Å²) in [6, 6.07) is 9.23. The Morgan fingerprint density at radius 3 is 2.25 bits per heavy atom. The maximum atomic E-state index is 14.7. The molecule has 0 aliphatic heterocycles. The van der Waals surface area contributed by atoms with Crippen LogP contribution in [0.2, 0.25) is 0 Å². The fourth-order valence-corrected chi connectivity index (χ4v) is 4.38. The summed E-state index contributed by atoms with van der Waals surface area (Å²) >= 11 is 0. The number of nitriles is 1. The highest BCUT2D eigenvalue weighted by Crippen LogP contribution is 2.40. The van der Waals surface area contributed by atoms with Gasteiger partial charge in [-0.3, -0.25) is 0 Å². The minimum Gasteiger partial charge on any atom is -0.309 e. The monoisotopic (exact) mass is 445 g/mol. The summed E-state index contributed by atoms with van der Waals surface area (Å²) in [4.78, 5) is 0. The van der Waals surface area contributed by atoms with Crippen molar-refractivity contribution < 1.29 is 22.3 Å². The average Bonchev–Trinajstić information content (AvgIpc) is 2.77. The molecule has 6 heteroatoms. The Labute approximate surface area is 186 Å². The summed E-state index contributed by atoms with van der Waals surface area (Å²) < 4.78 is 61.9. The standard InChI is InChI=1S/C26H27F4NO/c1-3-4-5-18-6-8-19(9-7-18)20-10-12-22(13-11-20)26(29,30)32-17(2)21-14-24(27)23(16-31)25(28)15-21/h3,10-15,17-19H,1,4-9H2,2H3. The van der Waals surface area contributed by atoms with E-state index in [1.807, 2.05) is 6.08 Å². The molecule has 2 aromatic rings. The van der Waals surface area contributed by atoms with Gasteiger partial charge in [0, 0.05) is 0 Å². The molecule has 0 heterocycles. The van der Waals surface area contributed by atoms with Crippen molar-refractivity contribution in [1.82, 2.24) is 0 Å². The molecule has 170 valence electrons. The van der Waals surface area contributed by atoms with E-state index >= 15 is 0 Å². The highest BCUT2D eigenvalue weighted by molar-refractivity contribution is 5.36. The van der Waals surface area contributed by atoms with Crippen LogP contribution in [-0.2, 0) is 10.8 Å². The molecule has 1 aliphatic carbocycles. The molecule has 1 unspecified atom stereocenters. The molecule has 0 bridgehead atoms. The number of alkyl halides is 2. The van der Waals surface area contributed by atoms with Crippen molar-refractivity contribution in [3.63, 3.8) is 0 Å². The molecule has 2 aromatic carbocycles. The lowest BCUT2D eigenvalue weighted by Crippen LogP contribution is -2.21. The zero-order chi connectivity index (χ0) is 23.3. The smallest absolute Gasteiger partial charge is 0.309 e. The summed E-state index contributed by atoms with van der Waals surface area (Å²) in [7, 11) is 0. The minimum absolute atomic E-state index is 0.108. The van der Waals surface area contributed by atoms with Crippen LogP contribution < -0.4 is 0 Å². The van der Waals surface area contributed by atoms with Gasteiger partial charge < -0.3 is 4.74 Å². The number of rotatable bonds is 8. The predicted octanol–water partition coefficient (Wildman–Crippen LogP) is 7.90. The number of allylic oxidation sites excluding steroid dienone is 1. The van der Waals surface area contributed by atoms with Crippen LogP contribution in [0.5, 0.6) is 0 Å². The molecule has 1 aliphatic rings. The highest BCUT2D eigenvalue weighted by atomic mass is 19.3. The van der Waals surface area contributed by atoms with Gasteiger partial charge in [-0.1, -0.05) is 30.3 Å². The fraction of sp³-hybridized carbons (Fsp3) is 0.423. The first-order valence-electron chi connectivity index (χ1n) is 10.9. The van der Waals surface area contributed by atoms with E-state index in [1.54, 1.807) is 12.1 Å². The summed E-state index contributed by atoms with van der Waals surface area (Å²) in [5.41, 5.74) is -0.139. The number of nitrogens with zero attached hydrogens (tertiary/aromatic N) is 1. The Bertz CT molecular complexity index is 949. The summed E-state index contributed by atoms with van der Waals surface area (Å²) in [6.45, 7) is 5.05. The van der Waals surface area contributed by atoms with Gasteiger partial charge in [-0.2, -0.15) is 14.0 Å². The maximum absolute atomic E-state index is 14.7. The molecule has 3 rings (SSSR count). The first kappa shape index (κ1) is 24.0. The van der Waals surface area contributed by atoms with Gasteiger partial charge in [0.1, 0.15) is 23.3 Å². The second-order valence-corrected chi connectivity index (χ2v) is 8.45. The SMILES string of the molecule is C=CCCC1CCC(c2ccc(C(F)(F)OC(C)c3cc(F)c(C#N)c(F)c3)cc2)CC1. The summed E-state index contributed by atoms with van der Waals surface area (Å²) in [5.74, 6) is -1.14. The van der Waals surface area contributed by atoms with Gasteiger partial charge >= 0.3 is 6.11 Å². The van der Waals surface area contributed by atoms with Crippen LogP contribution in [0, 0.1) is 28.9 Å². The van der Waals surface area contributed by atoms with Gasteiger partial charge in [-0.05, 0) is 80.5 Å². The number of hydrogen-bond acceptors (Lipinski definition) is 2. The van der Waals surface area contributed by atoms with Crippen molar-refractivity contribution in [3.05, 3.63) is 82.9 Å². The number of hydrogen-bond donors (Lipinski definition) is 0. The fourth-order valence-electron chi connectivity index (χ4n) is 4.38. The lowest BCUT2D eigenvalue weighted by molar-refractivity contribution is -0.272. The van der Waals surface area contributed by atoms with Crippen molar-refractivity contribution in [2.45, 2.75) is 63.6 Å². The molecular weight excluding hydrogens is 418 g/mol. The lowest BCUT2D eigenvalue weighted by atomic mass is 9.77. The van der Waals surface area contributed by atoms with Gasteiger partial charge in [0.15, 0.2) is 0 Å². The Balaban J connectivity index is 1.65. The third kappa shape index (κ3) is 5.58. The van der Waals surface area contributed by atoms with Crippen molar-refractivity contribution in [2.24, 2.45) is 5.92 Å². The molecule has 0 N–H and O–H groups in total. The maximum Gasteiger partial charge on any atom is 0.383 e. The molecule has 32 heavy (non-hydrogen) atoms. The minimum atomic E-state index is -3.64. The zero-order valence-corrected chi connectivity index (χ0v) is 18.1. The zero-order valence-electron chi connectivity index (χ0n) is 18.1. The molecule has 0 spiro atoms. The largest absolute Gasteiger partial charge is 0.383 e. The molecule has 1 atom stereocenters. The van der Waals surface area contributed by atoms with Crippen LogP contribution in [0.3, 0.4) is 0 Å². The van der Waals surface area contributed by atoms with E-state index in [0.717, 1.165) is 56.2 Å². The molecular formula is C26H27F4NO. The third-order valence-corrected chi connectivity index (χ3v) is 6.31. The van der Waals surface area contributed by atoms with Crippen LogP contribution in [0.15, 0.2) is 49.1 Å². The van der Waals surface area contributed by atoms with Crippen molar-refractivity contribution in [1.29, 1.82) is 5.26 Å². The van der Waals surface area contributed by atoms with E-state index in [0.29, 0.717) is 11.8 Å². The van der Waals surface area contributed by atoms with E-state index < -0.39 is 29.4 Å². The second-order valence-electron chi connectivity index (χ2n) is 8.45. The first-order chi connectivity index (χ1) is 15.2. The molecule has 1 saturated carbocycles. The van der Waals surface area contributed by atoms with E-state index in [1.165, 1.54) is 25.1 Å². The van der Waals surface area contributed by atoms with Gasteiger partial charge in [0.05, 0.1) is 11.7 Å². The molecule has 0 saturated heterocycles. The Hall–Kier alpha value is -2.65. The summed E-state index contributed by atoms with van der Waals surface area (Å²) in [6.07, 6.45) is 3.56. The Morgan fingerprint density at radius 2 is 1.72 bits per heavy atom. The third-order valence-electron chi connectivity index (χ3n) is 6.31. The average molecular weight is 446 g/mol. The van der Waals surface area contributed by atoms with Gasteiger partial charge in [0.25, 0.3) is 0 Å². The summed E-state index contributed by atoms with van der Waals surface area (Å²) in [5, 5.41) is 8.74. The first-order valence-corrected chi connectivity index (χ1v) is 10.9. The van der Waals surface area contributed by atoms with Crippen molar-refractivity contribution in [3.8, 4) is 6.07 Å². The molecule has 0 amide bonds. The van der Waals surface area contributed by atoms with E-state index in [9.17, 15) is 17.6 Å².